The van der Waals surface area contributed by atoms with Gasteiger partial charge in [0.1, 0.15) is 11.5 Å². The van der Waals surface area contributed by atoms with E-state index in [9.17, 15) is 38.2 Å². The normalized spacial score (nSPS) is 33.3. The number of Topliss-reactive ketones (excluding diaryl/α,β-unsaturated/α-hetero) is 1. The quantitative estimate of drug-likeness (QED) is 0.332. The van der Waals surface area contributed by atoms with Crippen molar-refractivity contribution in [1.82, 2.24) is 14.7 Å². The summed E-state index contributed by atoms with van der Waals surface area (Å²) in [7, 11) is 1.56. The molecule has 0 radical (unpaired) electrons. The molecule has 2 N–H and O–H groups in total. The third kappa shape index (κ3) is 3.95. The summed E-state index contributed by atoms with van der Waals surface area (Å²) in [4.78, 5) is 54.5. The van der Waals surface area contributed by atoms with Gasteiger partial charge in [0.05, 0.1) is 6.61 Å². The van der Waals surface area contributed by atoms with Crippen LogP contribution in [0, 0.1) is 10.8 Å². The summed E-state index contributed by atoms with van der Waals surface area (Å²) in [6, 6.07) is -1.79. The average molecular weight is 503 g/mol. The molecule has 13 heteroatoms. The standard InChI is InChI=1S/C22H28F3N3O7/c1-19(2,3)16(32)20(4)11-27(22(25)21(23,24)14(30)13(10-29)35-22)18(34)28(17(20)33)15(31)12-7-6-8-26(5)9-12/h6,8-9,13-14,29-30H,7,10-11H2,1-5H3/t13-,14-,20?,22+/m1/s1. The molecule has 3 rings (SSSR count). The zero-order chi connectivity index (χ0) is 26.7. The Morgan fingerprint density at radius 2 is 1.83 bits per heavy atom. The van der Waals surface area contributed by atoms with E-state index in [1.165, 1.54) is 37.9 Å². The number of aliphatic hydroxyl groups is 2. The van der Waals surface area contributed by atoms with E-state index in [-0.39, 0.29) is 21.8 Å². The number of allylic oxidation sites excluding steroid dienone is 1. The van der Waals surface area contributed by atoms with Gasteiger partial charge in [-0.15, -0.1) is 0 Å². The van der Waals surface area contributed by atoms with E-state index >= 15 is 4.39 Å². The number of ether oxygens (including phenoxy) is 1. The summed E-state index contributed by atoms with van der Waals surface area (Å²) in [5, 5.41) is 19.1. The molecule has 3 aliphatic heterocycles. The van der Waals surface area contributed by atoms with E-state index in [0.717, 1.165) is 6.92 Å². The molecular weight excluding hydrogens is 475 g/mol. The fourth-order valence-electron chi connectivity index (χ4n) is 4.42. The summed E-state index contributed by atoms with van der Waals surface area (Å²) >= 11 is 0. The number of carbonyl (C=O) groups is 4. The predicted molar refractivity (Wildman–Crippen MR) is 113 cm³/mol. The molecule has 0 aromatic rings. The Balaban J connectivity index is 2.17. The minimum atomic E-state index is -4.77. The minimum absolute atomic E-state index is 0.0249. The van der Waals surface area contributed by atoms with Crippen LogP contribution in [-0.2, 0) is 19.1 Å². The summed E-state index contributed by atoms with van der Waals surface area (Å²) in [6.07, 6.45) is -0.567. The van der Waals surface area contributed by atoms with Gasteiger partial charge in [0.25, 0.3) is 11.8 Å². The van der Waals surface area contributed by atoms with Crippen LogP contribution in [-0.4, -0.2) is 92.9 Å². The maximum absolute atomic E-state index is 16.0. The van der Waals surface area contributed by atoms with Gasteiger partial charge < -0.3 is 19.8 Å². The number of carbonyl (C=O) groups excluding carboxylic acids is 4. The zero-order valence-corrected chi connectivity index (χ0v) is 19.9. The number of alkyl halides is 3. The van der Waals surface area contributed by atoms with Crippen molar-refractivity contribution >= 4 is 23.6 Å². The highest BCUT2D eigenvalue weighted by atomic mass is 19.3. The predicted octanol–water partition coefficient (Wildman–Crippen LogP) is 1.14. The Hall–Kier alpha value is -2.77. The second-order valence-corrected chi connectivity index (χ2v) is 10.1. The molecule has 0 aliphatic carbocycles. The van der Waals surface area contributed by atoms with Crippen LogP contribution in [0.15, 0.2) is 24.0 Å². The lowest BCUT2D eigenvalue weighted by atomic mass is 9.71. The zero-order valence-electron chi connectivity index (χ0n) is 19.9. The molecule has 4 atom stereocenters. The first kappa shape index (κ1) is 26.8. The van der Waals surface area contributed by atoms with Gasteiger partial charge in [0.15, 0.2) is 11.9 Å². The molecule has 194 valence electrons. The second-order valence-electron chi connectivity index (χ2n) is 10.1. The van der Waals surface area contributed by atoms with E-state index < -0.39 is 71.7 Å². The maximum atomic E-state index is 16.0. The smallest absolute Gasteiger partial charge is 0.361 e. The molecule has 3 aliphatic rings. The summed E-state index contributed by atoms with van der Waals surface area (Å²) in [5.74, 6) is -12.5. The molecule has 0 aromatic carbocycles. The van der Waals surface area contributed by atoms with Crippen LogP contribution in [0.4, 0.5) is 18.0 Å². The van der Waals surface area contributed by atoms with Crippen molar-refractivity contribution in [3.05, 3.63) is 24.0 Å². The largest absolute Gasteiger partial charge is 0.394 e. The van der Waals surface area contributed by atoms with Crippen molar-refractivity contribution in [2.24, 2.45) is 10.8 Å². The van der Waals surface area contributed by atoms with Crippen LogP contribution in [0.5, 0.6) is 0 Å². The van der Waals surface area contributed by atoms with Gasteiger partial charge in [-0.25, -0.2) is 4.79 Å². The van der Waals surface area contributed by atoms with Gasteiger partial charge in [-0.2, -0.15) is 18.1 Å². The second kappa shape index (κ2) is 8.42. The highest BCUT2D eigenvalue weighted by molar-refractivity contribution is 6.23. The summed E-state index contributed by atoms with van der Waals surface area (Å²) in [6.45, 7) is 2.92. The number of amides is 4. The number of ketones is 1. The molecule has 4 amide bonds. The number of imide groups is 3. The Bertz CT molecular complexity index is 1020. The molecule has 0 saturated carbocycles. The highest BCUT2D eigenvalue weighted by Gasteiger charge is 2.76. The maximum Gasteiger partial charge on any atom is 0.361 e. The highest BCUT2D eigenvalue weighted by Crippen LogP contribution is 2.50. The van der Waals surface area contributed by atoms with Crippen molar-refractivity contribution in [2.45, 2.75) is 58.2 Å². The first-order valence-corrected chi connectivity index (χ1v) is 10.8. The fraction of sp³-hybridized carbons (Fsp3) is 0.636. The Morgan fingerprint density at radius 1 is 1.23 bits per heavy atom. The molecule has 2 saturated heterocycles. The molecule has 3 heterocycles. The number of urea groups is 1. The lowest BCUT2D eigenvalue weighted by molar-refractivity contribution is -0.309. The van der Waals surface area contributed by atoms with Gasteiger partial charge in [-0.3, -0.25) is 19.3 Å². The Labute approximate surface area is 199 Å². The van der Waals surface area contributed by atoms with Crippen LogP contribution in [0.1, 0.15) is 34.1 Å². The van der Waals surface area contributed by atoms with Crippen LogP contribution < -0.4 is 0 Å². The number of rotatable bonds is 4. The van der Waals surface area contributed by atoms with Crippen LogP contribution in [0.25, 0.3) is 0 Å². The summed E-state index contributed by atoms with van der Waals surface area (Å²) < 4.78 is 50.5. The van der Waals surface area contributed by atoms with E-state index in [4.69, 9.17) is 0 Å². The van der Waals surface area contributed by atoms with Crippen molar-refractivity contribution in [1.29, 1.82) is 0 Å². The third-order valence-corrected chi connectivity index (χ3v) is 6.24. The van der Waals surface area contributed by atoms with Gasteiger partial charge in [0, 0.05) is 30.8 Å². The van der Waals surface area contributed by atoms with Crippen molar-refractivity contribution in [3.63, 3.8) is 0 Å². The number of nitrogens with zero attached hydrogens (tertiary/aromatic N) is 3. The number of hydrogen-bond acceptors (Lipinski definition) is 8. The number of halogens is 3. The topological polar surface area (TPSA) is 128 Å². The number of hydrogen-bond donors (Lipinski definition) is 2. The lowest BCUT2D eigenvalue weighted by Crippen LogP contribution is -2.72. The SMILES string of the molecule is CN1C=CCC(C(=O)N2C(=O)N([C@]3(F)O[C@H](CO)[C@@H](O)C3(F)F)CC(C)(C(=O)C(C)(C)C)C2=O)=C1. The van der Waals surface area contributed by atoms with Crippen molar-refractivity contribution < 1.29 is 47.3 Å². The van der Waals surface area contributed by atoms with Crippen LogP contribution in [0.2, 0.25) is 0 Å². The van der Waals surface area contributed by atoms with Gasteiger partial charge in [-0.1, -0.05) is 26.8 Å². The first-order valence-electron chi connectivity index (χ1n) is 10.8. The van der Waals surface area contributed by atoms with Crippen molar-refractivity contribution in [2.75, 3.05) is 20.2 Å². The molecule has 1 unspecified atom stereocenters. The van der Waals surface area contributed by atoms with E-state index in [0.29, 0.717) is 0 Å². The molecule has 0 aromatic heterocycles. The van der Waals surface area contributed by atoms with Crippen LogP contribution >= 0.6 is 0 Å². The first-order chi connectivity index (χ1) is 15.9. The lowest BCUT2D eigenvalue weighted by Gasteiger charge is -2.48. The summed E-state index contributed by atoms with van der Waals surface area (Å²) in [5.41, 5.74) is -3.67. The minimum Gasteiger partial charge on any atom is -0.394 e. The molecule has 0 spiro atoms. The molecule has 0 bridgehead atoms. The molecule has 10 nitrogen and oxygen atoms in total. The Kier molecular flexibility index (Phi) is 6.45. The van der Waals surface area contributed by atoms with Gasteiger partial charge >= 0.3 is 17.9 Å². The number of aliphatic hydroxyl groups excluding tert-OH is 2. The molecule has 35 heavy (non-hydrogen) atoms. The van der Waals surface area contributed by atoms with E-state index in [1.807, 2.05) is 0 Å². The monoisotopic (exact) mass is 503 g/mol. The molecule has 2 fully saturated rings. The van der Waals surface area contributed by atoms with Gasteiger partial charge in [-0.05, 0) is 19.5 Å². The van der Waals surface area contributed by atoms with Crippen LogP contribution in [0.3, 0.4) is 0 Å². The Morgan fingerprint density at radius 3 is 2.31 bits per heavy atom. The van der Waals surface area contributed by atoms with Gasteiger partial charge in [0.2, 0.25) is 0 Å². The fourth-order valence-corrected chi connectivity index (χ4v) is 4.42. The average Bonchev–Trinajstić information content (AvgIpc) is 2.95. The van der Waals surface area contributed by atoms with Crippen molar-refractivity contribution in [3.8, 4) is 0 Å². The third-order valence-electron chi connectivity index (χ3n) is 6.24. The molecular formula is C22H28F3N3O7. The van der Waals surface area contributed by atoms with E-state index in [2.05, 4.69) is 4.74 Å². The van der Waals surface area contributed by atoms with E-state index in [1.54, 1.807) is 13.2 Å².